The van der Waals surface area contributed by atoms with Gasteiger partial charge < -0.3 is 24.2 Å². The number of hydrogen-bond acceptors (Lipinski definition) is 9. The molecule has 2 aliphatic heterocycles. The zero-order valence-corrected chi connectivity index (χ0v) is 21.1. The molecular formula is C24H30F2N8O3. The van der Waals surface area contributed by atoms with Crippen molar-refractivity contribution in [3.05, 3.63) is 24.0 Å². The summed E-state index contributed by atoms with van der Waals surface area (Å²) in [4.78, 5) is 36.1. The molecule has 0 aliphatic carbocycles. The van der Waals surface area contributed by atoms with Gasteiger partial charge in [-0.2, -0.15) is 15.0 Å². The molecule has 2 aliphatic rings. The van der Waals surface area contributed by atoms with Crippen LogP contribution in [-0.2, 0) is 9.53 Å². The van der Waals surface area contributed by atoms with Gasteiger partial charge in [0, 0.05) is 39.6 Å². The van der Waals surface area contributed by atoms with Gasteiger partial charge in [-0.25, -0.2) is 13.8 Å². The molecule has 1 atom stereocenters. The minimum Gasteiger partial charge on any atom is -0.494 e. The second-order valence-corrected chi connectivity index (χ2v) is 9.02. The number of fused-ring (bicyclic) bond motifs is 1. The lowest BCUT2D eigenvalue weighted by molar-refractivity contribution is -0.129. The van der Waals surface area contributed by atoms with E-state index in [0.717, 1.165) is 6.42 Å². The number of morpholine rings is 1. The number of aromatic nitrogens is 5. The van der Waals surface area contributed by atoms with Crippen LogP contribution in [0.3, 0.4) is 0 Å². The van der Waals surface area contributed by atoms with E-state index in [1.807, 2.05) is 28.7 Å². The van der Waals surface area contributed by atoms with Crippen molar-refractivity contribution < 1.29 is 23.0 Å². The molecule has 11 nitrogen and oxygen atoms in total. The van der Waals surface area contributed by atoms with Gasteiger partial charge in [-0.15, -0.1) is 0 Å². The van der Waals surface area contributed by atoms with Gasteiger partial charge in [0.05, 0.1) is 31.9 Å². The average Bonchev–Trinajstić information content (AvgIpc) is 3.58. The first-order valence-corrected chi connectivity index (χ1v) is 12.3. The quantitative estimate of drug-likeness (QED) is 0.469. The molecule has 0 N–H and O–H groups in total. The molecule has 2 aromatic heterocycles. The van der Waals surface area contributed by atoms with E-state index in [-0.39, 0.29) is 17.9 Å². The van der Waals surface area contributed by atoms with E-state index in [0.29, 0.717) is 74.5 Å². The molecule has 1 aromatic carbocycles. The standard InChI is InChI=1S/C24H30F2N8O3/c1-4-18(35)33-9-8-15(14-33)31(2)22-28-23(32-10-12-37-13-11-32)30-24(29-22)34-16-6-5-7-17(36-3)19(16)27-21(34)20(25)26/h5-7,15,20H,4,8-14H2,1-3H3/t15-/m0/s1. The van der Waals surface area contributed by atoms with Crippen molar-refractivity contribution in [1.29, 1.82) is 0 Å². The summed E-state index contributed by atoms with van der Waals surface area (Å²) in [6.07, 6.45) is -1.67. The molecule has 1 amide bonds. The van der Waals surface area contributed by atoms with Crippen LogP contribution in [0.1, 0.15) is 32.0 Å². The van der Waals surface area contributed by atoms with Gasteiger partial charge in [0.1, 0.15) is 11.3 Å². The van der Waals surface area contributed by atoms with E-state index in [1.54, 1.807) is 18.2 Å². The van der Waals surface area contributed by atoms with E-state index >= 15 is 0 Å². The topological polar surface area (TPSA) is 102 Å². The molecule has 0 radical (unpaired) electrons. The van der Waals surface area contributed by atoms with Crippen LogP contribution in [0.4, 0.5) is 20.7 Å². The third-order valence-electron chi connectivity index (χ3n) is 6.86. The summed E-state index contributed by atoms with van der Waals surface area (Å²) >= 11 is 0. The van der Waals surface area contributed by atoms with Gasteiger partial charge in [0.25, 0.3) is 6.43 Å². The summed E-state index contributed by atoms with van der Waals surface area (Å²) in [6.45, 7) is 5.19. The number of alkyl halides is 2. The third-order valence-corrected chi connectivity index (χ3v) is 6.86. The fourth-order valence-corrected chi connectivity index (χ4v) is 4.79. The average molecular weight is 517 g/mol. The molecule has 0 unspecified atom stereocenters. The number of anilines is 2. The molecule has 2 fully saturated rings. The van der Waals surface area contributed by atoms with Crippen LogP contribution < -0.4 is 14.5 Å². The number of nitrogens with zero attached hydrogens (tertiary/aromatic N) is 8. The smallest absolute Gasteiger partial charge is 0.296 e. The zero-order valence-electron chi connectivity index (χ0n) is 21.1. The summed E-state index contributed by atoms with van der Waals surface area (Å²) in [5.74, 6) is 0.759. The first kappa shape index (κ1) is 25.1. The van der Waals surface area contributed by atoms with Crippen LogP contribution in [0.2, 0.25) is 0 Å². The molecule has 4 heterocycles. The maximum atomic E-state index is 14.2. The second-order valence-electron chi connectivity index (χ2n) is 9.02. The van der Waals surface area contributed by atoms with E-state index in [9.17, 15) is 13.6 Å². The number of amides is 1. The van der Waals surface area contributed by atoms with Crippen LogP contribution in [0.5, 0.6) is 5.75 Å². The Balaban J connectivity index is 1.62. The van der Waals surface area contributed by atoms with Gasteiger partial charge in [-0.1, -0.05) is 13.0 Å². The maximum absolute atomic E-state index is 14.2. The van der Waals surface area contributed by atoms with E-state index in [4.69, 9.17) is 14.5 Å². The summed E-state index contributed by atoms with van der Waals surface area (Å²) in [6, 6.07) is 5.05. The van der Waals surface area contributed by atoms with Crippen LogP contribution in [0, 0.1) is 0 Å². The van der Waals surface area contributed by atoms with Gasteiger partial charge in [-0.3, -0.25) is 9.36 Å². The Hall–Kier alpha value is -3.61. The van der Waals surface area contributed by atoms with Crippen molar-refractivity contribution in [3.8, 4) is 11.7 Å². The van der Waals surface area contributed by atoms with Gasteiger partial charge in [0.2, 0.25) is 23.8 Å². The van der Waals surface area contributed by atoms with Crippen molar-refractivity contribution in [2.24, 2.45) is 0 Å². The zero-order chi connectivity index (χ0) is 26.1. The van der Waals surface area contributed by atoms with Gasteiger partial charge in [-0.05, 0) is 18.6 Å². The lowest BCUT2D eigenvalue weighted by Gasteiger charge is -2.29. The molecule has 5 rings (SSSR count). The third kappa shape index (κ3) is 4.75. The largest absolute Gasteiger partial charge is 0.494 e. The first-order valence-electron chi connectivity index (χ1n) is 12.3. The number of carbonyl (C=O) groups is 1. The molecule has 2 saturated heterocycles. The SMILES string of the molecule is CCC(=O)N1CC[C@H](N(C)c2nc(N3CCOCC3)nc(-n3c(C(F)F)nc4c(OC)cccc43)n2)C1. The molecule has 0 bridgehead atoms. The van der Waals surface area contributed by atoms with E-state index < -0.39 is 12.2 Å². The molecule has 198 valence electrons. The molecule has 37 heavy (non-hydrogen) atoms. The Morgan fingerprint density at radius 2 is 1.92 bits per heavy atom. The molecule has 0 saturated carbocycles. The lowest BCUT2D eigenvalue weighted by Crippen LogP contribution is -2.40. The predicted octanol–water partition coefficient (Wildman–Crippen LogP) is 2.44. The number of hydrogen-bond donors (Lipinski definition) is 0. The highest BCUT2D eigenvalue weighted by molar-refractivity contribution is 5.84. The maximum Gasteiger partial charge on any atom is 0.296 e. The highest BCUT2D eigenvalue weighted by Crippen LogP contribution is 2.32. The van der Waals surface area contributed by atoms with Gasteiger partial charge in [0.15, 0.2) is 5.82 Å². The monoisotopic (exact) mass is 516 g/mol. The first-order chi connectivity index (χ1) is 17.9. The number of methoxy groups -OCH3 is 1. The summed E-state index contributed by atoms with van der Waals surface area (Å²) in [7, 11) is 3.33. The van der Waals surface area contributed by atoms with Crippen molar-refractivity contribution in [2.75, 3.05) is 63.4 Å². The summed E-state index contributed by atoms with van der Waals surface area (Å²) < 4.78 is 40.6. The number of carbonyl (C=O) groups excluding carboxylic acids is 1. The van der Waals surface area contributed by atoms with Crippen molar-refractivity contribution in [3.63, 3.8) is 0 Å². The molecule has 13 heteroatoms. The lowest BCUT2D eigenvalue weighted by atomic mass is 10.2. The highest BCUT2D eigenvalue weighted by Gasteiger charge is 2.31. The molecule has 0 spiro atoms. The van der Waals surface area contributed by atoms with Crippen molar-refractivity contribution in [1.82, 2.24) is 29.4 Å². The fraction of sp³-hybridized carbons (Fsp3) is 0.542. The Morgan fingerprint density at radius 3 is 2.62 bits per heavy atom. The van der Waals surface area contributed by atoms with Crippen LogP contribution in [0.15, 0.2) is 18.2 Å². The van der Waals surface area contributed by atoms with Crippen LogP contribution in [0.25, 0.3) is 17.0 Å². The Bertz CT molecular complexity index is 1280. The van der Waals surface area contributed by atoms with E-state index in [1.165, 1.54) is 11.7 Å². The number of likely N-dealkylation sites (N-methyl/N-ethyl adjacent to an activating group) is 1. The number of para-hydroxylation sites is 1. The van der Waals surface area contributed by atoms with Crippen LogP contribution in [-0.4, -0.2) is 94.9 Å². The molecular weight excluding hydrogens is 486 g/mol. The van der Waals surface area contributed by atoms with Gasteiger partial charge >= 0.3 is 0 Å². The number of benzene rings is 1. The second kappa shape index (κ2) is 10.4. The Morgan fingerprint density at radius 1 is 1.16 bits per heavy atom. The number of ether oxygens (including phenoxy) is 2. The van der Waals surface area contributed by atoms with Crippen molar-refractivity contribution >= 4 is 28.8 Å². The number of rotatable bonds is 7. The summed E-state index contributed by atoms with van der Waals surface area (Å²) in [5.41, 5.74) is 0.705. The highest BCUT2D eigenvalue weighted by atomic mass is 19.3. The Labute approximate surface area is 213 Å². The minimum atomic E-state index is -2.87. The summed E-state index contributed by atoms with van der Waals surface area (Å²) in [5, 5.41) is 0. The molecule has 3 aromatic rings. The normalized spacial score (nSPS) is 18.2. The number of likely N-dealkylation sites (tertiary alicyclic amines) is 1. The predicted molar refractivity (Wildman–Crippen MR) is 133 cm³/mol. The van der Waals surface area contributed by atoms with Crippen molar-refractivity contribution in [2.45, 2.75) is 32.2 Å². The fourth-order valence-electron chi connectivity index (χ4n) is 4.79. The Kier molecular flexibility index (Phi) is 7.04. The minimum absolute atomic E-state index is 0.0162. The van der Waals surface area contributed by atoms with Crippen LogP contribution >= 0.6 is 0 Å². The number of imidazole rings is 1. The number of halogens is 2. The van der Waals surface area contributed by atoms with E-state index in [2.05, 4.69) is 15.0 Å².